The van der Waals surface area contributed by atoms with E-state index in [2.05, 4.69) is 32.9 Å². The van der Waals surface area contributed by atoms with Crippen LogP contribution in [0.2, 0.25) is 0 Å². The van der Waals surface area contributed by atoms with Crippen LogP contribution >= 0.6 is 0 Å². The van der Waals surface area contributed by atoms with Gasteiger partial charge >= 0.3 is 0 Å². The fraction of sp³-hybridized carbons (Fsp3) is 0.583. The van der Waals surface area contributed by atoms with Gasteiger partial charge in [0.15, 0.2) is 0 Å². The third-order valence-electron chi connectivity index (χ3n) is 2.13. The lowest BCUT2D eigenvalue weighted by molar-refractivity contribution is -0.134. The van der Waals surface area contributed by atoms with Gasteiger partial charge in [0.05, 0.1) is 0 Å². The van der Waals surface area contributed by atoms with Gasteiger partial charge in [0, 0.05) is 6.92 Å². The lowest BCUT2D eigenvalue weighted by atomic mass is 9.92. The van der Waals surface area contributed by atoms with Gasteiger partial charge in [-0.15, -0.1) is 0 Å². The van der Waals surface area contributed by atoms with Gasteiger partial charge in [-0.3, -0.25) is 4.79 Å². The number of carbonyl (C=O) groups is 1. The summed E-state index contributed by atoms with van der Waals surface area (Å²) in [7, 11) is 0. The first kappa shape index (κ1) is 12.9. The Morgan fingerprint density at radius 2 is 1.86 bits per heavy atom. The smallest absolute Gasteiger partial charge is 0.300 e. The molecule has 80 valence electrons. The maximum atomic E-state index is 9.00. The van der Waals surface area contributed by atoms with Crippen LogP contribution in [-0.4, -0.2) is 11.1 Å². The Hall–Kier alpha value is -1.05. The van der Waals surface area contributed by atoms with E-state index >= 15 is 0 Å². The van der Waals surface area contributed by atoms with Crippen LogP contribution in [0, 0.1) is 5.92 Å². The van der Waals surface area contributed by atoms with E-state index in [1.165, 1.54) is 18.4 Å². The Bertz CT molecular complexity index is 243. The highest BCUT2D eigenvalue weighted by Crippen LogP contribution is 2.23. The van der Waals surface area contributed by atoms with Gasteiger partial charge in [-0.05, 0) is 25.7 Å². The zero-order chi connectivity index (χ0) is 11.1. The summed E-state index contributed by atoms with van der Waals surface area (Å²) in [5.41, 5.74) is 3.12. The van der Waals surface area contributed by atoms with E-state index < -0.39 is 5.97 Å². The zero-order valence-electron chi connectivity index (χ0n) is 9.50. The molecule has 0 radical (unpaired) electrons. The number of hydrogen-bond acceptors (Lipinski definition) is 1. The maximum absolute atomic E-state index is 9.00. The molecule has 0 fully saturated rings. The van der Waals surface area contributed by atoms with Crippen LogP contribution in [0.25, 0.3) is 0 Å². The van der Waals surface area contributed by atoms with Crippen molar-refractivity contribution in [3.05, 3.63) is 23.3 Å². The topological polar surface area (TPSA) is 37.3 Å². The number of aliphatic carboxylic acids is 1. The average molecular weight is 196 g/mol. The summed E-state index contributed by atoms with van der Waals surface area (Å²) in [6.45, 7) is 7.81. The molecular formula is C12H20O2. The Morgan fingerprint density at radius 3 is 2.14 bits per heavy atom. The normalized spacial score (nSPS) is 15.2. The molecule has 2 nitrogen and oxygen atoms in total. The van der Waals surface area contributed by atoms with Crippen molar-refractivity contribution in [3.8, 4) is 0 Å². The second-order valence-electron chi connectivity index (χ2n) is 3.93. The maximum Gasteiger partial charge on any atom is 0.300 e. The molecule has 0 aliphatic heterocycles. The average Bonchev–Trinajstić information content (AvgIpc) is 2.03. The van der Waals surface area contributed by atoms with Crippen molar-refractivity contribution in [1.82, 2.24) is 0 Å². The lowest BCUT2D eigenvalue weighted by Crippen LogP contribution is -1.97. The van der Waals surface area contributed by atoms with Crippen molar-refractivity contribution >= 4 is 5.97 Å². The first-order chi connectivity index (χ1) is 6.43. The van der Waals surface area contributed by atoms with Crippen LogP contribution in [0.3, 0.4) is 0 Å². The molecule has 1 aliphatic rings. The number of carboxylic acids is 1. The highest BCUT2D eigenvalue weighted by Gasteiger charge is 2.05. The Balaban J connectivity index is 0.000000364. The summed E-state index contributed by atoms with van der Waals surface area (Å²) in [6, 6.07) is 0. The summed E-state index contributed by atoms with van der Waals surface area (Å²) < 4.78 is 0. The van der Waals surface area contributed by atoms with Crippen LogP contribution in [-0.2, 0) is 4.79 Å². The standard InChI is InChI=1S/C10H16.C2H4O2/c1-8(2)10-6-4-9(3)5-7-10;1-2(3)4/h4,6,8H,5,7H2,1-3H3;1H3,(H,3,4). The molecule has 0 aromatic rings. The third kappa shape index (κ3) is 6.46. The van der Waals surface area contributed by atoms with E-state index in [9.17, 15) is 0 Å². The Labute approximate surface area is 86.3 Å². The summed E-state index contributed by atoms with van der Waals surface area (Å²) >= 11 is 0. The van der Waals surface area contributed by atoms with Crippen LogP contribution in [0.5, 0.6) is 0 Å². The third-order valence-corrected chi connectivity index (χ3v) is 2.13. The molecule has 0 saturated carbocycles. The molecule has 0 amide bonds. The van der Waals surface area contributed by atoms with Crippen molar-refractivity contribution in [2.24, 2.45) is 5.92 Å². The highest BCUT2D eigenvalue weighted by atomic mass is 16.4. The second-order valence-corrected chi connectivity index (χ2v) is 3.93. The van der Waals surface area contributed by atoms with E-state index in [1.807, 2.05) is 0 Å². The minimum absolute atomic E-state index is 0.740. The van der Waals surface area contributed by atoms with Gasteiger partial charge in [0.25, 0.3) is 5.97 Å². The molecule has 0 aromatic carbocycles. The van der Waals surface area contributed by atoms with Gasteiger partial charge in [0.2, 0.25) is 0 Å². The molecule has 0 heterocycles. The van der Waals surface area contributed by atoms with Gasteiger partial charge in [-0.2, -0.15) is 0 Å². The van der Waals surface area contributed by atoms with E-state index in [0.29, 0.717) is 0 Å². The molecule has 0 spiro atoms. The van der Waals surface area contributed by atoms with Gasteiger partial charge < -0.3 is 5.11 Å². The Morgan fingerprint density at radius 1 is 1.36 bits per heavy atom. The molecule has 2 heteroatoms. The molecule has 1 aliphatic carbocycles. The molecular weight excluding hydrogens is 176 g/mol. The summed E-state index contributed by atoms with van der Waals surface area (Å²) in [5, 5.41) is 7.42. The van der Waals surface area contributed by atoms with Crippen LogP contribution in [0.1, 0.15) is 40.5 Å². The number of allylic oxidation sites excluding steroid dienone is 4. The lowest BCUT2D eigenvalue weighted by Gasteiger charge is -2.14. The fourth-order valence-electron chi connectivity index (χ4n) is 1.24. The molecule has 0 saturated heterocycles. The molecule has 0 aromatic heterocycles. The van der Waals surface area contributed by atoms with Crippen molar-refractivity contribution in [3.63, 3.8) is 0 Å². The predicted octanol–water partition coefficient (Wildman–Crippen LogP) is 3.40. The molecule has 1 rings (SSSR count). The number of hydrogen-bond donors (Lipinski definition) is 1. The van der Waals surface area contributed by atoms with Crippen molar-refractivity contribution in [2.45, 2.75) is 40.5 Å². The fourth-order valence-corrected chi connectivity index (χ4v) is 1.24. The molecule has 14 heavy (non-hydrogen) atoms. The van der Waals surface area contributed by atoms with Gasteiger partial charge in [-0.25, -0.2) is 0 Å². The summed E-state index contributed by atoms with van der Waals surface area (Å²) in [4.78, 5) is 9.00. The molecule has 1 N–H and O–H groups in total. The summed E-state index contributed by atoms with van der Waals surface area (Å²) in [5.74, 6) is -0.0932. The zero-order valence-corrected chi connectivity index (χ0v) is 9.50. The highest BCUT2D eigenvalue weighted by molar-refractivity contribution is 5.62. The minimum Gasteiger partial charge on any atom is -0.481 e. The quantitative estimate of drug-likeness (QED) is 0.698. The van der Waals surface area contributed by atoms with Crippen LogP contribution in [0.15, 0.2) is 23.3 Å². The van der Waals surface area contributed by atoms with Gasteiger partial charge in [-0.1, -0.05) is 37.1 Å². The first-order valence-corrected chi connectivity index (χ1v) is 4.99. The monoisotopic (exact) mass is 196 g/mol. The van der Waals surface area contributed by atoms with Crippen molar-refractivity contribution < 1.29 is 9.90 Å². The van der Waals surface area contributed by atoms with Gasteiger partial charge in [0.1, 0.15) is 0 Å². The van der Waals surface area contributed by atoms with Crippen LogP contribution in [0.4, 0.5) is 0 Å². The molecule has 0 atom stereocenters. The largest absolute Gasteiger partial charge is 0.481 e. The molecule has 0 bridgehead atoms. The molecule has 0 unspecified atom stereocenters. The number of carboxylic acid groups (broad SMARTS) is 1. The predicted molar refractivity (Wildman–Crippen MR) is 59.2 cm³/mol. The SMILES string of the molecule is CC(=O)O.CC1=CC=C(C(C)C)CC1. The van der Waals surface area contributed by atoms with Crippen molar-refractivity contribution in [1.29, 1.82) is 0 Å². The minimum atomic E-state index is -0.833. The van der Waals surface area contributed by atoms with E-state index in [1.54, 1.807) is 5.57 Å². The van der Waals surface area contributed by atoms with E-state index in [-0.39, 0.29) is 0 Å². The Kier molecular flexibility index (Phi) is 5.93. The van der Waals surface area contributed by atoms with Crippen LogP contribution < -0.4 is 0 Å². The first-order valence-electron chi connectivity index (χ1n) is 4.99. The number of rotatable bonds is 1. The second kappa shape index (κ2) is 6.41. The summed E-state index contributed by atoms with van der Waals surface area (Å²) in [6.07, 6.45) is 7.08. The van der Waals surface area contributed by atoms with E-state index in [4.69, 9.17) is 9.90 Å². The van der Waals surface area contributed by atoms with Crippen molar-refractivity contribution in [2.75, 3.05) is 0 Å². The van der Waals surface area contributed by atoms with E-state index in [0.717, 1.165) is 12.8 Å².